The van der Waals surface area contributed by atoms with Crippen LogP contribution < -0.4 is 10.0 Å². The molecule has 1 aromatic heterocycles. The summed E-state index contributed by atoms with van der Waals surface area (Å²) in [6, 6.07) is 13.8. The van der Waals surface area contributed by atoms with Crippen LogP contribution in [0.15, 0.2) is 70.0 Å². The molecule has 0 aliphatic heterocycles. The normalized spacial score (nSPS) is 12.4. The zero-order chi connectivity index (χ0) is 20.3. The maximum Gasteiger partial charge on any atom is 0.261 e. The first-order valence-electron chi connectivity index (χ1n) is 8.51. The van der Waals surface area contributed by atoms with Crippen LogP contribution in [0.2, 0.25) is 0 Å². The van der Waals surface area contributed by atoms with E-state index in [1.807, 2.05) is 0 Å². The fourth-order valence-corrected chi connectivity index (χ4v) is 3.70. The number of nitrogens with one attached hydrogen (secondary N) is 2. The highest BCUT2D eigenvalue weighted by Crippen LogP contribution is 2.22. The van der Waals surface area contributed by atoms with Crippen molar-refractivity contribution in [3.63, 3.8) is 0 Å². The first-order valence-corrected chi connectivity index (χ1v) is 9.99. The van der Waals surface area contributed by atoms with Crippen LogP contribution in [0.3, 0.4) is 0 Å². The van der Waals surface area contributed by atoms with Gasteiger partial charge >= 0.3 is 0 Å². The lowest BCUT2D eigenvalue weighted by atomic mass is 10.1. The summed E-state index contributed by atoms with van der Waals surface area (Å²) in [5.41, 5.74) is 0.274. The van der Waals surface area contributed by atoms with Gasteiger partial charge in [0.2, 0.25) is 0 Å². The number of halogens is 1. The summed E-state index contributed by atoms with van der Waals surface area (Å²) >= 11 is 0. The minimum absolute atomic E-state index is 0.108. The average molecular weight is 402 g/mol. The second-order valence-corrected chi connectivity index (χ2v) is 7.93. The molecule has 0 fully saturated rings. The Labute approximate surface area is 162 Å². The molecule has 1 amide bonds. The van der Waals surface area contributed by atoms with E-state index in [-0.39, 0.29) is 16.1 Å². The van der Waals surface area contributed by atoms with Crippen LogP contribution in [0.1, 0.15) is 34.8 Å². The van der Waals surface area contributed by atoms with Crippen LogP contribution in [0, 0.1) is 12.7 Å². The number of para-hydroxylation sites is 1. The molecule has 3 rings (SSSR count). The highest BCUT2D eigenvalue weighted by Gasteiger charge is 2.20. The van der Waals surface area contributed by atoms with Crippen molar-refractivity contribution in [3.05, 3.63) is 83.6 Å². The van der Waals surface area contributed by atoms with Gasteiger partial charge in [-0.3, -0.25) is 9.52 Å². The van der Waals surface area contributed by atoms with E-state index >= 15 is 0 Å². The molecule has 0 radical (unpaired) electrons. The fraction of sp³-hybridized carbons (Fsp3) is 0.150. The van der Waals surface area contributed by atoms with E-state index in [2.05, 4.69) is 10.0 Å². The van der Waals surface area contributed by atoms with E-state index < -0.39 is 27.8 Å². The SMILES string of the molecule is Cc1ccc(C(C)NC(=O)c2ccccc2NS(=O)(=O)c2ccc(F)cc2)o1. The molecule has 6 nitrogen and oxygen atoms in total. The zero-order valence-electron chi connectivity index (χ0n) is 15.3. The molecule has 1 unspecified atom stereocenters. The smallest absolute Gasteiger partial charge is 0.261 e. The minimum atomic E-state index is -3.98. The molecule has 1 heterocycles. The Bertz CT molecular complexity index is 1090. The third kappa shape index (κ3) is 4.40. The summed E-state index contributed by atoms with van der Waals surface area (Å²) in [6.07, 6.45) is 0. The van der Waals surface area contributed by atoms with Crippen molar-refractivity contribution in [2.45, 2.75) is 24.8 Å². The van der Waals surface area contributed by atoms with E-state index in [1.165, 1.54) is 12.1 Å². The molecule has 28 heavy (non-hydrogen) atoms. The van der Waals surface area contributed by atoms with Gasteiger partial charge in [-0.1, -0.05) is 12.1 Å². The number of sulfonamides is 1. The highest BCUT2D eigenvalue weighted by molar-refractivity contribution is 7.92. The molecule has 1 atom stereocenters. The average Bonchev–Trinajstić information content (AvgIpc) is 3.08. The van der Waals surface area contributed by atoms with Gasteiger partial charge in [-0.15, -0.1) is 0 Å². The van der Waals surface area contributed by atoms with Crippen LogP contribution >= 0.6 is 0 Å². The fourth-order valence-electron chi connectivity index (χ4n) is 2.62. The molecule has 0 aliphatic carbocycles. The lowest BCUT2D eigenvalue weighted by Crippen LogP contribution is -2.27. The van der Waals surface area contributed by atoms with Crippen molar-refractivity contribution < 1.29 is 22.0 Å². The summed E-state index contributed by atoms with van der Waals surface area (Å²) in [5.74, 6) is 0.318. The molecule has 146 valence electrons. The lowest BCUT2D eigenvalue weighted by molar-refractivity contribution is 0.0936. The lowest BCUT2D eigenvalue weighted by Gasteiger charge is -2.15. The van der Waals surface area contributed by atoms with Crippen molar-refractivity contribution >= 4 is 21.6 Å². The van der Waals surface area contributed by atoms with Crippen LogP contribution in [0.5, 0.6) is 0 Å². The van der Waals surface area contributed by atoms with Gasteiger partial charge in [0.15, 0.2) is 0 Å². The van der Waals surface area contributed by atoms with Gasteiger partial charge in [0.1, 0.15) is 17.3 Å². The number of hydrogen-bond donors (Lipinski definition) is 2. The molecule has 3 aromatic rings. The van der Waals surface area contributed by atoms with Gasteiger partial charge in [0, 0.05) is 0 Å². The van der Waals surface area contributed by atoms with Gasteiger partial charge in [0.25, 0.3) is 15.9 Å². The molecule has 2 aromatic carbocycles. The van der Waals surface area contributed by atoms with Crippen molar-refractivity contribution in [2.24, 2.45) is 0 Å². The second-order valence-electron chi connectivity index (χ2n) is 6.25. The molecule has 8 heteroatoms. The first-order chi connectivity index (χ1) is 13.3. The van der Waals surface area contributed by atoms with E-state index in [0.717, 1.165) is 30.0 Å². The quantitative estimate of drug-likeness (QED) is 0.652. The highest BCUT2D eigenvalue weighted by atomic mass is 32.2. The molecule has 0 bridgehead atoms. The summed E-state index contributed by atoms with van der Waals surface area (Å²) < 4.78 is 46.1. The maximum atomic E-state index is 13.1. The van der Waals surface area contributed by atoms with E-state index in [0.29, 0.717) is 5.76 Å². The van der Waals surface area contributed by atoms with Gasteiger partial charge in [-0.25, -0.2) is 12.8 Å². The molecule has 2 N–H and O–H groups in total. The molecule has 0 saturated heterocycles. The summed E-state index contributed by atoms with van der Waals surface area (Å²) in [5, 5.41) is 2.78. The van der Waals surface area contributed by atoms with Crippen LogP contribution in [0.25, 0.3) is 0 Å². The zero-order valence-corrected chi connectivity index (χ0v) is 16.1. The van der Waals surface area contributed by atoms with Gasteiger partial charge in [-0.2, -0.15) is 0 Å². The van der Waals surface area contributed by atoms with Crippen LogP contribution in [-0.2, 0) is 10.0 Å². The Morgan fingerprint density at radius 1 is 1.04 bits per heavy atom. The van der Waals surface area contributed by atoms with Gasteiger partial charge in [-0.05, 0) is 62.4 Å². The predicted molar refractivity (Wildman–Crippen MR) is 103 cm³/mol. The van der Waals surface area contributed by atoms with Crippen LogP contribution in [-0.4, -0.2) is 14.3 Å². The Kier molecular flexibility index (Phi) is 5.51. The van der Waals surface area contributed by atoms with Gasteiger partial charge in [0.05, 0.1) is 22.2 Å². The Morgan fingerprint density at radius 3 is 2.36 bits per heavy atom. The van der Waals surface area contributed by atoms with E-state index in [9.17, 15) is 17.6 Å². The second kappa shape index (κ2) is 7.85. The maximum absolute atomic E-state index is 13.1. The summed E-state index contributed by atoms with van der Waals surface area (Å²) in [4.78, 5) is 12.6. The van der Waals surface area contributed by atoms with Gasteiger partial charge < -0.3 is 9.73 Å². The number of anilines is 1. The monoisotopic (exact) mass is 402 g/mol. The Morgan fingerprint density at radius 2 is 1.71 bits per heavy atom. The molecular formula is C20H19FN2O4S. The summed E-state index contributed by atoms with van der Waals surface area (Å²) in [6.45, 7) is 3.57. The van der Waals surface area contributed by atoms with Crippen molar-refractivity contribution in [3.8, 4) is 0 Å². The number of carbonyl (C=O) groups is 1. The van der Waals surface area contributed by atoms with E-state index in [1.54, 1.807) is 38.1 Å². The van der Waals surface area contributed by atoms with Crippen molar-refractivity contribution in [1.82, 2.24) is 5.32 Å². The molecule has 0 spiro atoms. The molecule has 0 aliphatic rings. The van der Waals surface area contributed by atoms with Crippen molar-refractivity contribution in [1.29, 1.82) is 0 Å². The van der Waals surface area contributed by atoms with E-state index in [4.69, 9.17) is 4.42 Å². The first kappa shape index (κ1) is 19.6. The number of hydrogen-bond acceptors (Lipinski definition) is 4. The number of rotatable bonds is 6. The standard InChI is InChI=1S/C20H19FN2O4S/c1-13-7-12-19(27-13)14(2)22-20(24)17-5-3-4-6-18(17)23-28(25,26)16-10-8-15(21)9-11-16/h3-12,14,23H,1-2H3,(H,22,24). The summed E-state index contributed by atoms with van der Waals surface area (Å²) in [7, 11) is -3.98. The number of benzene rings is 2. The number of furan rings is 1. The molecule has 0 saturated carbocycles. The third-order valence-electron chi connectivity index (χ3n) is 4.08. The topological polar surface area (TPSA) is 88.4 Å². The minimum Gasteiger partial charge on any atom is -0.464 e. The number of aryl methyl sites for hydroxylation is 1. The largest absolute Gasteiger partial charge is 0.464 e. The Balaban J connectivity index is 1.82. The molecular weight excluding hydrogens is 383 g/mol. The third-order valence-corrected chi connectivity index (χ3v) is 5.46. The number of carbonyl (C=O) groups excluding carboxylic acids is 1. The predicted octanol–water partition coefficient (Wildman–Crippen LogP) is 4.02. The van der Waals surface area contributed by atoms with Crippen LogP contribution in [0.4, 0.5) is 10.1 Å². The Hall–Kier alpha value is -3.13. The van der Waals surface area contributed by atoms with Crippen molar-refractivity contribution in [2.75, 3.05) is 4.72 Å². The number of amides is 1.